The summed E-state index contributed by atoms with van der Waals surface area (Å²) in [6.45, 7) is 2.83. The fourth-order valence-corrected chi connectivity index (χ4v) is 2.51. The van der Waals surface area contributed by atoms with Crippen LogP contribution in [0.25, 0.3) is 0 Å². The van der Waals surface area contributed by atoms with Crippen LogP contribution in [-0.2, 0) is 12.8 Å². The normalized spacial score (nSPS) is 10.2. The molecule has 0 aliphatic carbocycles. The predicted molar refractivity (Wildman–Crippen MR) is 97.6 cm³/mol. The zero-order valence-corrected chi connectivity index (χ0v) is 14.6. The Hall–Kier alpha value is -2.20. The van der Waals surface area contributed by atoms with E-state index < -0.39 is 0 Å². The van der Waals surface area contributed by atoms with E-state index >= 15 is 0 Å². The Kier molecular flexibility index (Phi) is 7.43. The minimum Gasteiger partial charge on any atom is -0.473 e. The molecule has 128 valence electrons. The Morgan fingerprint density at radius 2 is 1.83 bits per heavy atom. The molecule has 0 fully saturated rings. The third kappa shape index (κ3) is 6.50. The van der Waals surface area contributed by atoms with Gasteiger partial charge in [0, 0.05) is 11.6 Å². The van der Waals surface area contributed by atoms with Crippen molar-refractivity contribution >= 4 is 17.6 Å². The highest BCUT2D eigenvalue weighted by Gasteiger charge is 2.01. The zero-order valence-electron chi connectivity index (χ0n) is 13.8. The van der Waals surface area contributed by atoms with E-state index in [0.29, 0.717) is 11.6 Å². The second-order valence-corrected chi connectivity index (χ2v) is 5.93. The molecule has 0 saturated heterocycles. The van der Waals surface area contributed by atoms with Crippen molar-refractivity contribution in [3.05, 3.63) is 64.7 Å². The van der Waals surface area contributed by atoms with Gasteiger partial charge >= 0.3 is 6.03 Å². The van der Waals surface area contributed by atoms with Crippen LogP contribution in [0.2, 0.25) is 5.02 Å². The van der Waals surface area contributed by atoms with Gasteiger partial charge in [0.05, 0.1) is 0 Å². The Morgan fingerprint density at radius 1 is 1.04 bits per heavy atom. The molecule has 2 N–H and O–H groups in total. The van der Waals surface area contributed by atoms with Gasteiger partial charge in [0.25, 0.3) is 0 Å². The van der Waals surface area contributed by atoms with E-state index in [0.717, 1.165) is 30.6 Å². The predicted octanol–water partition coefficient (Wildman–Crippen LogP) is 4.17. The highest BCUT2D eigenvalue weighted by atomic mass is 35.5. The Morgan fingerprint density at radius 3 is 2.54 bits per heavy atom. The number of amides is 2. The molecule has 2 aromatic rings. The highest BCUT2D eigenvalue weighted by molar-refractivity contribution is 6.30. The zero-order chi connectivity index (χ0) is 17.2. The van der Waals surface area contributed by atoms with Crippen LogP contribution in [0.15, 0.2) is 48.5 Å². The standard InChI is InChI=1S/C19H23ClN2O2/c1-2-4-15-7-9-18(10-8-15)24-14-22-19(23)21-12-11-16-5-3-6-17(20)13-16/h3,5-10,13H,2,4,11-12,14H2,1H3,(H2,21,22,23). The molecule has 24 heavy (non-hydrogen) atoms. The van der Waals surface area contributed by atoms with Crippen molar-refractivity contribution in [2.24, 2.45) is 0 Å². The largest absolute Gasteiger partial charge is 0.473 e. The van der Waals surface area contributed by atoms with E-state index in [2.05, 4.69) is 17.6 Å². The highest BCUT2D eigenvalue weighted by Crippen LogP contribution is 2.13. The van der Waals surface area contributed by atoms with Crippen LogP contribution >= 0.6 is 11.6 Å². The molecule has 4 nitrogen and oxygen atoms in total. The molecule has 0 unspecified atom stereocenters. The number of benzene rings is 2. The van der Waals surface area contributed by atoms with E-state index in [9.17, 15) is 4.79 Å². The van der Waals surface area contributed by atoms with Crippen LogP contribution in [0.5, 0.6) is 5.75 Å². The molecule has 2 amide bonds. The maximum atomic E-state index is 11.7. The molecule has 0 bridgehead atoms. The van der Waals surface area contributed by atoms with E-state index in [-0.39, 0.29) is 12.8 Å². The number of rotatable bonds is 8. The summed E-state index contributed by atoms with van der Waals surface area (Å²) in [5.41, 5.74) is 2.38. The van der Waals surface area contributed by atoms with E-state index in [1.807, 2.05) is 48.5 Å². The number of hydrogen-bond donors (Lipinski definition) is 2. The summed E-state index contributed by atoms with van der Waals surface area (Å²) >= 11 is 5.92. The number of ether oxygens (including phenoxy) is 1. The lowest BCUT2D eigenvalue weighted by atomic mass is 10.1. The smallest absolute Gasteiger partial charge is 0.317 e. The molecule has 0 aliphatic rings. The second-order valence-electron chi connectivity index (χ2n) is 5.50. The minimum atomic E-state index is -0.250. The van der Waals surface area contributed by atoms with Crippen molar-refractivity contribution in [1.29, 1.82) is 0 Å². The Bertz CT molecular complexity index is 644. The molecule has 0 radical (unpaired) electrons. The van der Waals surface area contributed by atoms with Gasteiger partial charge in [-0.15, -0.1) is 0 Å². The number of aryl methyl sites for hydroxylation is 1. The molecule has 0 aliphatic heterocycles. The van der Waals surface area contributed by atoms with Crippen molar-refractivity contribution in [3.63, 3.8) is 0 Å². The average Bonchev–Trinajstić information content (AvgIpc) is 2.57. The quantitative estimate of drug-likeness (QED) is 0.705. The molecule has 0 aromatic heterocycles. The number of carbonyl (C=O) groups is 1. The van der Waals surface area contributed by atoms with Gasteiger partial charge in [-0.3, -0.25) is 0 Å². The lowest BCUT2D eigenvalue weighted by Gasteiger charge is -2.10. The lowest BCUT2D eigenvalue weighted by molar-refractivity contribution is 0.224. The van der Waals surface area contributed by atoms with Gasteiger partial charge in [0.2, 0.25) is 0 Å². The van der Waals surface area contributed by atoms with Crippen molar-refractivity contribution in [2.75, 3.05) is 13.3 Å². The molecule has 0 heterocycles. The third-order valence-electron chi connectivity index (χ3n) is 3.52. The van der Waals surface area contributed by atoms with Gasteiger partial charge in [-0.25, -0.2) is 4.79 Å². The second kappa shape index (κ2) is 9.83. The number of hydrogen-bond acceptors (Lipinski definition) is 2. The Balaban J connectivity index is 1.62. The fraction of sp³-hybridized carbons (Fsp3) is 0.316. The lowest BCUT2D eigenvalue weighted by Crippen LogP contribution is -2.38. The first kappa shape index (κ1) is 18.1. The van der Waals surface area contributed by atoms with Crippen LogP contribution in [0.4, 0.5) is 4.79 Å². The van der Waals surface area contributed by atoms with Crippen molar-refractivity contribution in [1.82, 2.24) is 10.6 Å². The van der Waals surface area contributed by atoms with Gasteiger partial charge in [0.15, 0.2) is 6.73 Å². The minimum absolute atomic E-state index is 0.135. The maximum absolute atomic E-state index is 11.7. The van der Waals surface area contributed by atoms with Crippen LogP contribution in [0.1, 0.15) is 24.5 Å². The van der Waals surface area contributed by atoms with Crippen LogP contribution in [-0.4, -0.2) is 19.3 Å². The van der Waals surface area contributed by atoms with Crippen LogP contribution in [0, 0.1) is 0 Å². The fourth-order valence-electron chi connectivity index (χ4n) is 2.30. The summed E-state index contributed by atoms with van der Waals surface area (Å²) in [6.07, 6.45) is 2.92. The first-order valence-electron chi connectivity index (χ1n) is 8.15. The van der Waals surface area contributed by atoms with Gasteiger partial charge in [-0.05, 0) is 48.2 Å². The summed E-state index contributed by atoms with van der Waals surface area (Å²) in [5, 5.41) is 6.16. The summed E-state index contributed by atoms with van der Waals surface area (Å²) in [6, 6.07) is 15.3. The maximum Gasteiger partial charge on any atom is 0.317 e. The number of halogens is 1. The molecule has 2 rings (SSSR count). The average molecular weight is 347 g/mol. The number of urea groups is 1. The van der Waals surface area contributed by atoms with Crippen LogP contribution in [0.3, 0.4) is 0 Å². The first-order chi connectivity index (χ1) is 11.7. The molecule has 5 heteroatoms. The summed E-state index contributed by atoms with van der Waals surface area (Å²) < 4.78 is 5.50. The van der Waals surface area contributed by atoms with E-state index in [4.69, 9.17) is 16.3 Å². The van der Waals surface area contributed by atoms with Crippen molar-refractivity contribution in [3.8, 4) is 5.75 Å². The molecule has 0 saturated carbocycles. The van der Waals surface area contributed by atoms with Gasteiger partial charge in [-0.1, -0.05) is 49.2 Å². The number of carbonyl (C=O) groups excluding carboxylic acids is 1. The van der Waals surface area contributed by atoms with Crippen LogP contribution < -0.4 is 15.4 Å². The monoisotopic (exact) mass is 346 g/mol. The van der Waals surface area contributed by atoms with Crippen molar-refractivity contribution in [2.45, 2.75) is 26.2 Å². The molecular weight excluding hydrogens is 324 g/mol. The summed E-state index contributed by atoms with van der Waals surface area (Å²) in [5.74, 6) is 0.745. The topological polar surface area (TPSA) is 50.4 Å². The molecule has 0 spiro atoms. The first-order valence-corrected chi connectivity index (χ1v) is 8.53. The Labute approximate surface area is 148 Å². The van der Waals surface area contributed by atoms with Gasteiger partial charge < -0.3 is 15.4 Å². The molecule has 0 atom stereocenters. The van der Waals surface area contributed by atoms with Gasteiger partial charge in [-0.2, -0.15) is 0 Å². The van der Waals surface area contributed by atoms with E-state index in [1.165, 1.54) is 5.56 Å². The third-order valence-corrected chi connectivity index (χ3v) is 3.76. The molecule has 2 aromatic carbocycles. The summed E-state index contributed by atoms with van der Waals surface area (Å²) in [7, 11) is 0. The summed E-state index contributed by atoms with van der Waals surface area (Å²) in [4.78, 5) is 11.7. The van der Waals surface area contributed by atoms with E-state index in [1.54, 1.807) is 0 Å². The van der Waals surface area contributed by atoms with Crippen molar-refractivity contribution < 1.29 is 9.53 Å². The molecular formula is C19H23ClN2O2. The van der Waals surface area contributed by atoms with Gasteiger partial charge in [0.1, 0.15) is 5.75 Å². The SMILES string of the molecule is CCCc1ccc(OCNC(=O)NCCc2cccc(Cl)c2)cc1. The number of nitrogens with one attached hydrogen (secondary N) is 2.